The molecule has 1 aliphatic heterocycles. The highest BCUT2D eigenvalue weighted by Crippen LogP contribution is 2.28. The fourth-order valence-electron chi connectivity index (χ4n) is 4.30. The monoisotopic (exact) mass is 501 g/mol. The second-order valence-corrected chi connectivity index (χ2v) is 10.2. The van der Waals surface area contributed by atoms with Gasteiger partial charge in [0.2, 0.25) is 0 Å². The Bertz CT molecular complexity index is 1280. The third kappa shape index (κ3) is 6.59. The van der Waals surface area contributed by atoms with Crippen molar-refractivity contribution in [2.24, 2.45) is 5.92 Å². The fourth-order valence-corrected chi connectivity index (χ4v) is 4.30. The molecule has 37 heavy (non-hydrogen) atoms. The van der Waals surface area contributed by atoms with Gasteiger partial charge in [0.15, 0.2) is 11.6 Å². The van der Waals surface area contributed by atoms with Crippen molar-refractivity contribution >= 4 is 17.5 Å². The summed E-state index contributed by atoms with van der Waals surface area (Å²) < 4.78 is 5.81. The van der Waals surface area contributed by atoms with Crippen LogP contribution in [0.5, 0.6) is 11.5 Å². The molecule has 0 aliphatic carbocycles. The number of carbonyl (C=O) groups excluding carboxylic acids is 3. The van der Waals surface area contributed by atoms with Crippen molar-refractivity contribution in [1.82, 2.24) is 15.6 Å². The standard InChI is InChI=1S/C29H31N3O5/c1-29(2,3)37-22-8-9-25(33)23(15-22)27(35)19-6-4-18(5-7-19)26(34)14-21-16-31-17-24(21)32-28(36)20-10-12-30-13-11-20/h4-13,15,21,24,31,33H,14,16-17H2,1-3H3,(H,32,36)/t21-,24-/m1/s1. The minimum absolute atomic E-state index is 0.0536. The van der Waals surface area contributed by atoms with Gasteiger partial charge in [-0.05, 0) is 51.1 Å². The van der Waals surface area contributed by atoms with Crippen molar-refractivity contribution in [3.05, 3.63) is 89.2 Å². The van der Waals surface area contributed by atoms with Crippen molar-refractivity contribution in [3.63, 3.8) is 0 Å². The van der Waals surface area contributed by atoms with Gasteiger partial charge in [0.05, 0.1) is 5.56 Å². The molecular weight excluding hydrogens is 470 g/mol. The normalized spacial score (nSPS) is 17.3. The van der Waals surface area contributed by atoms with Gasteiger partial charge in [-0.15, -0.1) is 0 Å². The summed E-state index contributed by atoms with van der Waals surface area (Å²) in [6.07, 6.45) is 3.39. The molecule has 3 aromatic rings. The summed E-state index contributed by atoms with van der Waals surface area (Å²) in [5.74, 6) is -0.344. The van der Waals surface area contributed by atoms with E-state index in [1.54, 1.807) is 54.9 Å². The zero-order valence-electron chi connectivity index (χ0n) is 21.2. The summed E-state index contributed by atoms with van der Waals surface area (Å²) in [5.41, 5.74) is 1.04. The second-order valence-electron chi connectivity index (χ2n) is 10.2. The predicted molar refractivity (Wildman–Crippen MR) is 139 cm³/mol. The largest absolute Gasteiger partial charge is 0.507 e. The average Bonchev–Trinajstić information content (AvgIpc) is 3.30. The highest BCUT2D eigenvalue weighted by molar-refractivity contribution is 6.11. The van der Waals surface area contributed by atoms with Crippen LogP contribution in [-0.2, 0) is 0 Å². The number of ketones is 2. The predicted octanol–water partition coefficient (Wildman–Crippen LogP) is 3.79. The van der Waals surface area contributed by atoms with E-state index in [0.29, 0.717) is 35.5 Å². The fraction of sp³-hybridized carbons (Fsp3) is 0.310. The smallest absolute Gasteiger partial charge is 0.251 e. The van der Waals surface area contributed by atoms with Gasteiger partial charge in [0.25, 0.3) is 5.91 Å². The molecule has 4 rings (SSSR count). The molecular formula is C29H31N3O5. The van der Waals surface area contributed by atoms with Crippen molar-refractivity contribution < 1.29 is 24.2 Å². The molecule has 1 amide bonds. The maximum atomic E-state index is 13.1. The van der Waals surface area contributed by atoms with E-state index in [4.69, 9.17) is 4.74 Å². The maximum absolute atomic E-state index is 13.1. The molecule has 2 aromatic carbocycles. The zero-order valence-corrected chi connectivity index (χ0v) is 21.2. The molecule has 3 N–H and O–H groups in total. The number of aromatic nitrogens is 1. The number of rotatable bonds is 8. The van der Waals surface area contributed by atoms with Crippen molar-refractivity contribution in [2.45, 2.75) is 38.8 Å². The van der Waals surface area contributed by atoms with Crippen LogP contribution in [0.2, 0.25) is 0 Å². The van der Waals surface area contributed by atoms with Crippen molar-refractivity contribution in [2.75, 3.05) is 13.1 Å². The van der Waals surface area contributed by atoms with Gasteiger partial charge >= 0.3 is 0 Å². The summed E-state index contributed by atoms with van der Waals surface area (Å²) in [6, 6.07) is 14.1. The van der Waals surface area contributed by atoms with Gasteiger partial charge in [-0.1, -0.05) is 24.3 Å². The van der Waals surface area contributed by atoms with E-state index < -0.39 is 5.60 Å². The lowest BCUT2D eigenvalue weighted by Gasteiger charge is -2.21. The lowest BCUT2D eigenvalue weighted by molar-refractivity contribution is 0.0902. The number of carbonyl (C=O) groups is 3. The zero-order chi connectivity index (χ0) is 26.6. The number of ether oxygens (including phenoxy) is 1. The maximum Gasteiger partial charge on any atom is 0.251 e. The van der Waals surface area contributed by atoms with Crippen molar-refractivity contribution in [1.29, 1.82) is 0 Å². The molecule has 8 heteroatoms. The third-order valence-corrected chi connectivity index (χ3v) is 6.15. The van der Waals surface area contributed by atoms with Crippen LogP contribution in [0.4, 0.5) is 0 Å². The summed E-state index contributed by atoms with van der Waals surface area (Å²) in [5, 5.41) is 16.5. The molecule has 1 aliphatic rings. The molecule has 2 atom stereocenters. The first-order valence-corrected chi connectivity index (χ1v) is 12.2. The molecule has 0 spiro atoms. The highest BCUT2D eigenvalue weighted by Gasteiger charge is 2.30. The molecule has 192 valence electrons. The van der Waals surface area contributed by atoms with Gasteiger partial charge in [0, 0.05) is 60.6 Å². The number of aromatic hydroxyl groups is 1. The van der Waals surface area contributed by atoms with E-state index in [0.717, 1.165) is 0 Å². The van der Waals surface area contributed by atoms with Gasteiger partial charge < -0.3 is 20.5 Å². The number of amides is 1. The van der Waals surface area contributed by atoms with Crippen LogP contribution in [0.3, 0.4) is 0 Å². The molecule has 0 bridgehead atoms. The number of nitrogens with zero attached hydrogens (tertiary/aromatic N) is 1. The number of phenolic OH excluding ortho intramolecular Hbond substituents is 1. The lowest BCUT2D eigenvalue weighted by atomic mass is 9.93. The van der Waals surface area contributed by atoms with Crippen LogP contribution in [0, 0.1) is 5.92 Å². The average molecular weight is 502 g/mol. The first kappa shape index (κ1) is 26.0. The second kappa shape index (κ2) is 10.9. The van der Waals surface area contributed by atoms with Crippen LogP contribution < -0.4 is 15.4 Å². The topological polar surface area (TPSA) is 118 Å². The van der Waals surface area contributed by atoms with E-state index in [2.05, 4.69) is 15.6 Å². The van der Waals surface area contributed by atoms with Crippen LogP contribution in [0.25, 0.3) is 0 Å². The molecule has 1 aromatic heterocycles. The molecule has 0 saturated carbocycles. The molecule has 2 heterocycles. The number of benzene rings is 2. The van der Waals surface area contributed by atoms with E-state index >= 15 is 0 Å². The molecule has 8 nitrogen and oxygen atoms in total. The Hall–Kier alpha value is -4.04. The molecule has 1 saturated heterocycles. The number of pyridine rings is 1. The van der Waals surface area contributed by atoms with E-state index in [9.17, 15) is 19.5 Å². The van der Waals surface area contributed by atoms with E-state index in [1.807, 2.05) is 20.8 Å². The Morgan fingerprint density at radius 2 is 1.65 bits per heavy atom. The van der Waals surface area contributed by atoms with Crippen LogP contribution >= 0.6 is 0 Å². The third-order valence-electron chi connectivity index (χ3n) is 6.15. The number of Topliss-reactive ketones (excluding diaryl/α,β-unsaturated/α-hetero) is 1. The van der Waals surface area contributed by atoms with E-state index in [1.165, 1.54) is 12.1 Å². The minimum Gasteiger partial charge on any atom is -0.507 e. The van der Waals surface area contributed by atoms with Crippen LogP contribution in [0.15, 0.2) is 67.0 Å². The summed E-state index contributed by atoms with van der Waals surface area (Å²) in [7, 11) is 0. The molecule has 0 unspecified atom stereocenters. The Morgan fingerprint density at radius 3 is 2.32 bits per heavy atom. The lowest BCUT2D eigenvalue weighted by Crippen LogP contribution is -2.41. The number of nitrogens with one attached hydrogen (secondary N) is 2. The summed E-state index contributed by atoms with van der Waals surface area (Å²) >= 11 is 0. The summed E-state index contributed by atoms with van der Waals surface area (Å²) in [4.78, 5) is 42.5. The van der Waals surface area contributed by atoms with Crippen LogP contribution in [-0.4, -0.2) is 52.3 Å². The van der Waals surface area contributed by atoms with Gasteiger partial charge in [-0.25, -0.2) is 0 Å². The summed E-state index contributed by atoms with van der Waals surface area (Å²) in [6.45, 7) is 6.90. The molecule has 1 fully saturated rings. The first-order valence-electron chi connectivity index (χ1n) is 12.2. The number of phenols is 1. The highest BCUT2D eigenvalue weighted by atomic mass is 16.5. The SMILES string of the molecule is CC(C)(C)Oc1ccc(O)c(C(=O)c2ccc(C(=O)C[C@@H]3CNC[C@H]3NC(=O)c3ccncc3)cc2)c1. The Balaban J connectivity index is 1.41. The van der Waals surface area contributed by atoms with Gasteiger partial charge in [-0.3, -0.25) is 19.4 Å². The minimum atomic E-state index is -0.449. The Morgan fingerprint density at radius 1 is 0.973 bits per heavy atom. The molecule has 0 radical (unpaired) electrons. The van der Waals surface area contributed by atoms with Crippen LogP contribution in [0.1, 0.15) is 63.8 Å². The van der Waals surface area contributed by atoms with Gasteiger partial charge in [0.1, 0.15) is 17.1 Å². The first-order chi connectivity index (χ1) is 17.6. The number of hydrogen-bond donors (Lipinski definition) is 3. The van der Waals surface area contributed by atoms with E-state index in [-0.39, 0.29) is 47.2 Å². The van der Waals surface area contributed by atoms with Gasteiger partial charge in [-0.2, -0.15) is 0 Å². The quantitative estimate of drug-likeness (QED) is 0.402. The van der Waals surface area contributed by atoms with Crippen molar-refractivity contribution in [3.8, 4) is 11.5 Å². The number of hydrogen-bond acceptors (Lipinski definition) is 7. The Labute approximate surface area is 216 Å². The Kier molecular flexibility index (Phi) is 7.69.